The summed E-state index contributed by atoms with van der Waals surface area (Å²) in [5.41, 5.74) is 7.97. The first-order valence-corrected chi connectivity index (χ1v) is 8.01. The minimum absolute atomic E-state index is 0.00869. The van der Waals surface area contributed by atoms with Crippen molar-refractivity contribution in [2.75, 3.05) is 13.1 Å². The van der Waals surface area contributed by atoms with Crippen LogP contribution in [0, 0.1) is 0 Å². The molecule has 2 aromatic rings. The molecule has 0 bridgehead atoms. The topological polar surface area (TPSA) is 64.2 Å². The van der Waals surface area contributed by atoms with Crippen molar-refractivity contribution in [3.05, 3.63) is 53.9 Å². The van der Waals surface area contributed by atoms with Crippen LogP contribution in [0.5, 0.6) is 0 Å². The van der Waals surface area contributed by atoms with Crippen LogP contribution in [0.25, 0.3) is 0 Å². The molecule has 0 aliphatic carbocycles. The number of hydrogen-bond acceptors (Lipinski definition) is 3. The van der Waals surface area contributed by atoms with Gasteiger partial charge in [0.15, 0.2) is 0 Å². The summed E-state index contributed by atoms with van der Waals surface area (Å²) in [7, 11) is 0. The molecule has 0 unspecified atom stereocenters. The Morgan fingerprint density at radius 1 is 1.22 bits per heavy atom. The molecule has 0 spiro atoms. The molecule has 2 heterocycles. The SMILES string of the molecule is CC(C)(C)n1cc(C(=O)N2C[C@@H](N)[C@H](c3ccccc3)C2)cn1. The Morgan fingerprint density at radius 2 is 1.91 bits per heavy atom. The van der Waals surface area contributed by atoms with Crippen molar-refractivity contribution in [1.29, 1.82) is 0 Å². The maximum absolute atomic E-state index is 12.7. The maximum atomic E-state index is 12.7. The Hall–Kier alpha value is -2.14. The first-order valence-electron chi connectivity index (χ1n) is 8.01. The zero-order chi connectivity index (χ0) is 16.6. The van der Waals surface area contributed by atoms with Gasteiger partial charge in [-0.15, -0.1) is 0 Å². The van der Waals surface area contributed by atoms with Gasteiger partial charge in [0.1, 0.15) is 0 Å². The lowest BCUT2D eigenvalue weighted by molar-refractivity contribution is 0.0789. The van der Waals surface area contributed by atoms with Crippen LogP contribution in [-0.2, 0) is 5.54 Å². The third-order valence-corrected chi connectivity index (χ3v) is 4.40. The molecule has 23 heavy (non-hydrogen) atoms. The number of amides is 1. The van der Waals surface area contributed by atoms with Crippen LogP contribution in [0.4, 0.5) is 0 Å². The molecule has 122 valence electrons. The molecule has 1 aromatic heterocycles. The number of rotatable bonds is 2. The fraction of sp³-hybridized carbons (Fsp3) is 0.444. The van der Waals surface area contributed by atoms with Crippen molar-refractivity contribution in [3.8, 4) is 0 Å². The number of carbonyl (C=O) groups is 1. The second-order valence-electron chi connectivity index (χ2n) is 7.24. The summed E-state index contributed by atoms with van der Waals surface area (Å²) in [6.07, 6.45) is 3.47. The number of carbonyl (C=O) groups excluding carboxylic acids is 1. The fourth-order valence-corrected chi connectivity index (χ4v) is 3.03. The summed E-state index contributed by atoms with van der Waals surface area (Å²) in [6.45, 7) is 7.42. The number of nitrogens with two attached hydrogens (primary N) is 1. The number of nitrogens with zero attached hydrogens (tertiary/aromatic N) is 3. The van der Waals surface area contributed by atoms with Gasteiger partial charge in [0.25, 0.3) is 5.91 Å². The summed E-state index contributed by atoms with van der Waals surface area (Å²) in [4.78, 5) is 14.6. The molecule has 5 nitrogen and oxygen atoms in total. The molecule has 2 N–H and O–H groups in total. The van der Waals surface area contributed by atoms with Gasteiger partial charge in [-0.05, 0) is 26.3 Å². The van der Waals surface area contributed by atoms with E-state index in [1.807, 2.05) is 34.0 Å². The van der Waals surface area contributed by atoms with Gasteiger partial charge in [0.2, 0.25) is 0 Å². The molecule has 0 saturated carbocycles. The van der Waals surface area contributed by atoms with E-state index in [2.05, 4.69) is 38.0 Å². The zero-order valence-corrected chi connectivity index (χ0v) is 13.9. The second kappa shape index (κ2) is 5.81. The Labute approximate surface area is 137 Å². The Kier molecular flexibility index (Phi) is 3.98. The molecule has 0 radical (unpaired) electrons. The van der Waals surface area contributed by atoms with Crippen LogP contribution < -0.4 is 5.73 Å². The van der Waals surface area contributed by atoms with E-state index >= 15 is 0 Å². The van der Waals surface area contributed by atoms with E-state index < -0.39 is 0 Å². The Balaban J connectivity index is 1.75. The second-order valence-corrected chi connectivity index (χ2v) is 7.24. The van der Waals surface area contributed by atoms with E-state index in [-0.39, 0.29) is 23.4 Å². The van der Waals surface area contributed by atoms with E-state index in [4.69, 9.17) is 5.73 Å². The largest absolute Gasteiger partial charge is 0.336 e. The molecule has 1 aliphatic heterocycles. The van der Waals surface area contributed by atoms with Gasteiger partial charge in [0.05, 0.1) is 17.3 Å². The minimum Gasteiger partial charge on any atom is -0.336 e. The quantitative estimate of drug-likeness (QED) is 0.924. The Bertz CT molecular complexity index is 687. The van der Waals surface area contributed by atoms with Gasteiger partial charge < -0.3 is 10.6 Å². The summed E-state index contributed by atoms with van der Waals surface area (Å²) in [6, 6.07) is 10.2. The third kappa shape index (κ3) is 3.15. The molecule has 1 aromatic carbocycles. The minimum atomic E-state index is -0.132. The van der Waals surface area contributed by atoms with Gasteiger partial charge in [-0.1, -0.05) is 30.3 Å². The van der Waals surface area contributed by atoms with Crippen LogP contribution in [0.1, 0.15) is 42.6 Å². The normalized spacial score (nSPS) is 21.7. The lowest BCUT2D eigenvalue weighted by Gasteiger charge is -2.19. The highest BCUT2D eigenvalue weighted by Gasteiger charge is 2.34. The van der Waals surface area contributed by atoms with Crippen LogP contribution in [-0.4, -0.2) is 39.7 Å². The molecular weight excluding hydrogens is 288 g/mol. The lowest BCUT2D eigenvalue weighted by Crippen LogP contribution is -2.32. The van der Waals surface area contributed by atoms with Crippen molar-refractivity contribution in [2.24, 2.45) is 5.73 Å². The van der Waals surface area contributed by atoms with Crippen LogP contribution in [0.15, 0.2) is 42.7 Å². The predicted octanol–water partition coefficient (Wildman–Crippen LogP) is 2.21. The summed E-state index contributed by atoms with van der Waals surface area (Å²) < 4.78 is 1.82. The number of likely N-dealkylation sites (tertiary alicyclic amines) is 1. The lowest BCUT2D eigenvalue weighted by atomic mass is 9.95. The summed E-state index contributed by atoms with van der Waals surface area (Å²) in [5.74, 6) is 0.201. The summed E-state index contributed by atoms with van der Waals surface area (Å²) >= 11 is 0. The maximum Gasteiger partial charge on any atom is 0.257 e. The van der Waals surface area contributed by atoms with Gasteiger partial charge >= 0.3 is 0 Å². The van der Waals surface area contributed by atoms with Gasteiger partial charge in [-0.2, -0.15) is 5.10 Å². The number of benzene rings is 1. The Morgan fingerprint density at radius 3 is 2.52 bits per heavy atom. The van der Waals surface area contributed by atoms with E-state index in [9.17, 15) is 4.79 Å². The highest BCUT2D eigenvalue weighted by Crippen LogP contribution is 2.27. The number of aromatic nitrogens is 2. The molecule has 5 heteroatoms. The predicted molar refractivity (Wildman–Crippen MR) is 90.3 cm³/mol. The van der Waals surface area contributed by atoms with E-state index in [1.165, 1.54) is 5.56 Å². The zero-order valence-electron chi connectivity index (χ0n) is 13.9. The molecular formula is C18H24N4O. The summed E-state index contributed by atoms with van der Waals surface area (Å²) in [5, 5.41) is 4.31. The van der Waals surface area contributed by atoms with Crippen LogP contribution in [0.3, 0.4) is 0 Å². The van der Waals surface area contributed by atoms with Crippen molar-refractivity contribution < 1.29 is 4.79 Å². The van der Waals surface area contributed by atoms with E-state index in [0.29, 0.717) is 18.7 Å². The third-order valence-electron chi connectivity index (χ3n) is 4.40. The van der Waals surface area contributed by atoms with Crippen molar-refractivity contribution in [1.82, 2.24) is 14.7 Å². The first kappa shape index (κ1) is 15.7. The molecule has 1 fully saturated rings. The van der Waals surface area contributed by atoms with Gasteiger partial charge in [-0.25, -0.2) is 0 Å². The smallest absolute Gasteiger partial charge is 0.257 e. The van der Waals surface area contributed by atoms with Crippen molar-refractivity contribution in [3.63, 3.8) is 0 Å². The highest BCUT2D eigenvalue weighted by molar-refractivity contribution is 5.94. The highest BCUT2D eigenvalue weighted by atomic mass is 16.2. The van der Waals surface area contributed by atoms with Crippen LogP contribution in [0.2, 0.25) is 0 Å². The molecule has 2 atom stereocenters. The van der Waals surface area contributed by atoms with E-state index in [0.717, 1.165) is 0 Å². The monoisotopic (exact) mass is 312 g/mol. The van der Waals surface area contributed by atoms with E-state index in [1.54, 1.807) is 6.20 Å². The standard InChI is InChI=1S/C18H24N4O/c1-18(2,3)22-10-14(9-20-22)17(23)21-11-15(16(19)12-21)13-7-5-4-6-8-13/h4-10,15-16H,11-12,19H2,1-3H3/t15-,16+/m0/s1. The molecule has 3 rings (SSSR count). The van der Waals surface area contributed by atoms with Crippen molar-refractivity contribution >= 4 is 5.91 Å². The number of hydrogen-bond donors (Lipinski definition) is 1. The molecule has 1 saturated heterocycles. The van der Waals surface area contributed by atoms with Crippen LogP contribution >= 0.6 is 0 Å². The average molecular weight is 312 g/mol. The van der Waals surface area contributed by atoms with Crippen molar-refractivity contribution in [2.45, 2.75) is 38.3 Å². The molecule has 1 aliphatic rings. The molecule has 1 amide bonds. The first-order chi connectivity index (χ1) is 10.9. The van der Waals surface area contributed by atoms with Gasteiger partial charge in [0, 0.05) is 31.2 Å². The fourth-order valence-electron chi connectivity index (χ4n) is 3.03. The van der Waals surface area contributed by atoms with Gasteiger partial charge in [-0.3, -0.25) is 9.48 Å². The average Bonchev–Trinajstić information content (AvgIpc) is 3.14.